The van der Waals surface area contributed by atoms with Gasteiger partial charge in [-0.25, -0.2) is 8.78 Å². The Bertz CT molecular complexity index is 1730. The summed E-state index contributed by atoms with van der Waals surface area (Å²) in [5.74, 6) is -4.88. The van der Waals surface area contributed by atoms with Crippen molar-refractivity contribution in [3.8, 4) is 11.1 Å². The van der Waals surface area contributed by atoms with E-state index in [1.54, 1.807) is 26.2 Å². The van der Waals surface area contributed by atoms with Gasteiger partial charge in [-0.3, -0.25) is 24.0 Å². The van der Waals surface area contributed by atoms with Gasteiger partial charge in [0.25, 0.3) is 0 Å². The van der Waals surface area contributed by atoms with Gasteiger partial charge in [-0.05, 0) is 55.6 Å². The molecule has 13 nitrogen and oxygen atoms in total. The van der Waals surface area contributed by atoms with E-state index in [9.17, 15) is 33.5 Å². The number of likely N-dealkylation sites (N-methyl/N-ethyl adjacent to an activating group) is 2. The number of carbonyl (C=O) groups is 5. The summed E-state index contributed by atoms with van der Waals surface area (Å²) in [4.78, 5) is 65.8. The SMILES string of the molecule is CNC(=O)[C@H](CCN(C(=O)CO)[C@@H](c1cc(-c2cc(F)ccc2F)cn1Cc1ccccc1)C(C)(C)C)NC(=O)[C@H](CC(N)=O)NC(=O)[C@H](C)NC. The second-order valence-electron chi connectivity index (χ2n) is 13.6. The normalized spacial score (nSPS) is 13.7. The van der Waals surface area contributed by atoms with Crippen LogP contribution in [0.15, 0.2) is 60.8 Å². The van der Waals surface area contributed by atoms with Crippen LogP contribution in [0.3, 0.4) is 0 Å². The molecule has 0 unspecified atom stereocenters. The highest BCUT2D eigenvalue weighted by atomic mass is 19.1. The number of nitrogens with two attached hydrogens (primary N) is 1. The number of carbonyl (C=O) groups excluding carboxylic acids is 5. The highest BCUT2D eigenvalue weighted by Gasteiger charge is 2.38. The molecule has 7 N–H and O–H groups in total. The van der Waals surface area contributed by atoms with Gasteiger partial charge in [-0.2, -0.15) is 0 Å². The van der Waals surface area contributed by atoms with Crippen LogP contribution in [0, 0.1) is 17.0 Å². The van der Waals surface area contributed by atoms with E-state index in [-0.39, 0.29) is 18.5 Å². The highest BCUT2D eigenvalue weighted by molar-refractivity contribution is 5.95. The summed E-state index contributed by atoms with van der Waals surface area (Å²) in [6.07, 6.45) is 0.983. The van der Waals surface area contributed by atoms with Gasteiger partial charge >= 0.3 is 0 Å². The van der Waals surface area contributed by atoms with Gasteiger partial charge in [-0.15, -0.1) is 0 Å². The molecule has 3 rings (SSSR count). The van der Waals surface area contributed by atoms with Crippen molar-refractivity contribution in [1.29, 1.82) is 0 Å². The molecule has 282 valence electrons. The van der Waals surface area contributed by atoms with Crippen molar-refractivity contribution in [3.63, 3.8) is 0 Å². The molecule has 0 saturated carbocycles. The Morgan fingerprint density at radius 2 is 1.58 bits per heavy atom. The van der Waals surface area contributed by atoms with Crippen LogP contribution in [-0.2, 0) is 30.5 Å². The Morgan fingerprint density at radius 3 is 2.15 bits per heavy atom. The lowest BCUT2D eigenvalue weighted by Gasteiger charge is -2.41. The minimum absolute atomic E-state index is 0.0184. The summed E-state index contributed by atoms with van der Waals surface area (Å²) < 4.78 is 31.3. The number of aliphatic hydroxyl groups is 1. The molecule has 0 bridgehead atoms. The summed E-state index contributed by atoms with van der Waals surface area (Å²) in [6.45, 7) is 6.43. The molecule has 1 aromatic heterocycles. The minimum atomic E-state index is -1.40. The van der Waals surface area contributed by atoms with E-state index in [2.05, 4.69) is 21.3 Å². The Labute approximate surface area is 302 Å². The minimum Gasteiger partial charge on any atom is -0.387 e. The van der Waals surface area contributed by atoms with Crippen LogP contribution in [0.2, 0.25) is 0 Å². The van der Waals surface area contributed by atoms with Crippen molar-refractivity contribution < 1.29 is 37.9 Å². The molecule has 2 aromatic carbocycles. The van der Waals surface area contributed by atoms with E-state index in [1.165, 1.54) is 11.9 Å². The second kappa shape index (κ2) is 18.4. The topological polar surface area (TPSA) is 188 Å². The lowest BCUT2D eigenvalue weighted by Crippen LogP contribution is -2.57. The van der Waals surface area contributed by atoms with E-state index >= 15 is 4.39 Å². The smallest absolute Gasteiger partial charge is 0.248 e. The van der Waals surface area contributed by atoms with Crippen LogP contribution in [0.5, 0.6) is 0 Å². The molecule has 0 aliphatic heterocycles. The van der Waals surface area contributed by atoms with Crippen molar-refractivity contribution in [1.82, 2.24) is 30.7 Å². The van der Waals surface area contributed by atoms with E-state index in [4.69, 9.17) is 5.73 Å². The molecule has 52 heavy (non-hydrogen) atoms. The van der Waals surface area contributed by atoms with Gasteiger partial charge in [0, 0.05) is 43.2 Å². The molecule has 0 saturated heterocycles. The Hall–Kier alpha value is -5.15. The summed E-state index contributed by atoms with van der Waals surface area (Å²) in [7, 11) is 2.90. The fraction of sp³-hybridized carbons (Fsp3) is 0.432. The van der Waals surface area contributed by atoms with Crippen LogP contribution < -0.4 is 27.0 Å². The number of hydrogen-bond acceptors (Lipinski definition) is 7. The average molecular weight is 726 g/mol. The molecule has 5 amide bonds. The number of nitrogens with zero attached hydrogens (tertiary/aromatic N) is 2. The van der Waals surface area contributed by atoms with Gasteiger partial charge in [0.2, 0.25) is 29.5 Å². The average Bonchev–Trinajstić information content (AvgIpc) is 3.50. The number of benzene rings is 2. The predicted octanol–water partition coefficient (Wildman–Crippen LogP) is 1.98. The molecule has 15 heteroatoms. The molecule has 1 heterocycles. The number of aliphatic hydroxyl groups excluding tert-OH is 1. The van der Waals surface area contributed by atoms with Crippen LogP contribution in [-0.4, -0.2) is 89.5 Å². The number of halogens is 2. The second-order valence-corrected chi connectivity index (χ2v) is 13.6. The predicted molar refractivity (Wildman–Crippen MR) is 191 cm³/mol. The molecule has 0 fully saturated rings. The van der Waals surface area contributed by atoms with Gasteiger partial charge < -0.3 is 41.6 Å². The summed E-state index contributed by atoms with van der Waals surface area (Å²) in [6, 6.07) is 10.1. The maximum atomic E-state index is 15.1. The number of nitrogens with one attached hydrogen (secondary N) is 4. The van der Waals surface area contributed by atoms with Crippen LogP contribution in [0.4, 0.5) is 8.78 Å². The van der Waals surface area contributed by atoms with Crippen LogP contribution in [0.1, 0.15) is 57.8 Å². The van der Waals surface area contributed by atoms with Gasteiger partial charge in [0.15, 0.2) is 0 Å². The first-order valence-corrected chi connectivity index (χ1v) is 16.9. The van der Waals surface area contributed by atoms with E-state index < -0.39 is 83.8 Å². The van der Waals surface area contributed by atoms with E-state index in [1.807, 2.05) is 55.7 Å². The summed E-state index contributed by atoms with van der Waals surface area (Å²) in [5, 5.41) is 20.4. The Morgan fingerprint density at radius 1 is 0.923 bits per heavy atom. The zero-order chi connectivity index (χ0) is 38.7. The monoisotopic (exact) mass is 725 g/mol. The third-order valence-electron chi connectivity index (χ3n) is 8.64. The third-order valence-corrected chi connectivity index (χ3v) is 8.64. The molecule has 0 aliphatic carbocycles. The largest absolute Gasteiger partial charge is 0.387 e. The summed E-state index contributed by atoms with van der Waals surface area (Å²) >= 11 is 0. The van der Waals surface area contributed by atoms with E-state index in [0.29, 0.717) is 17.8 Å². The van der Waals surface area contributed by atoms with Crippen LogP contribution >= 0.6 is 0 Å². The zero-order valence-electron chi connectivity index (χ0n) is 30.3. The fourth-order valence-electron chi connectivity index (χ4n) is 5.92. The molecule has 4 atom stereocenters. The first-order chi connectivity index (χ1) is 24.5. The summed E-state index contributed by atoms with van der Waals surface area (Å²) in [5.41, 5.74) is 6.43. The Kier molecular flexibility index (Phi) is 14.6. The van der Waals surface area contributed by atoms with Crippen molar-refractivity contribution in [2.75, 3.05) is 27.2 Å². The number of aromatic nitrogens is 1. The van der Waals surface area contributed by atoms with Crippen molar-refractivity contribution in [3.05, 3.63) is 83.7 Å². The molecular weight excluding hydrogens is 676 g/mol. The molecular formula is C37H49F2N7O6. The van der Waals surface area contributed by atoms with Gasteiger partial charge in [-0.1, -0.05) is 51.1 Å². The Balaban J connectivity index is 2.07. The lowest BCUT2D eigenvalue weighted by molar-refractivity contribution is -0.140. The lowest BCUT2D eigenvalue weighted by atomic mass is 9.82. The molecule has 0 radical (unpaired) electrons. The molecule has 3 aromatic rings. The number of primary amides is 1. The van der Waals surface area contributed by atoms with Gasteiger partial charge in [0.1, 0.15) is 30.3 Å². The van der Waals surface area contributed by atoms with Crippen molar-refractivity contribution in [2.45, 2.75) is 71.2 Å². The quantitative estimate of drug-likeness (QED) is 0.123. The van der Waals surface area contributed by atoms with E-state index in [0.717, 1.165) is 23.8 Å². The standard InChI is InChI=1S/C37H49F2N7O6/c1-22(41-5)34(50)44-29(18-31(40)48)36(52)43-28(35(51)42-6)14-15-46(32(49)21-47)33(37(2,3)4)30-16-24(26-17-25(38)12-13-27(26)39)20-45(30)19-23-10-8-7-9-11-23/h7-13,16-17,20,22,28-29,33,41,47H,14-15,18-19,21H2,1-6H3,(H2,40,48)(H,42,51)(H,43,52)(H,44,50)/t22-,28-,29-,33-/m0/s1. The first-order valence-electron chi connectivity index (χ1n) is 16.9. The third kappa shape index (κ3) is 10.9. The fourth-order valence-corrected chi connectivity index (χ4v) is 5.92. The zero-order valence-corrected chi connectivity index (χ0v) is 30.3. The van der Waals surface area contributed by atoms with Crippen LogP contribution in [0.25, 0.3) is 11.1 Å². The highest BCUT2D eigenvalue weighted by Crippen LogP contribution is 2.41. The number of rotatable bonds is 17. The molecule has 0 spiro atoms. The first kappa shape index (κ1) is 41.3. The van der Waals surface area contributed by atoms with Crippen molar-refractivity contribution in [2.24, 2.45) is 11.1 Å². The van der Waals surface area contributed by atoms with Gasteiger partial charge in [0.05, 0.1) is 18.5 Å². The maximum absolute atomic E-state index is 15.1. The van der Waals surface area contributed by atoms with Crippen molar-refractivity contribution >= 4 is 29.5 Å². The number of amides is 5. The molecule has 0 aliphatic rings. The maximum Gasteiger partial charge on any atom is 0.248 e. The number of hydrogen-bond donors (Lipinski definition) is 6.